The lowest BCUT2D eigenvalue weighted by Gasteiger charge is -2.31. The molecular formula is C40H51N3O4. The quantitative estimate of drug-likeness (QED) is 0.135. The third kappa shape index (κ3) is 10.0. The molecule has 1 N–H and O–H groups in total. The minimum Gasteiger partial charge on any atom is -0.491 e. The Morgan fingerprint density at radius 1 is 1.00 bits per heavy atom. The number of nitrogens with one attached hydrogen (secondary N) is 1. The number of ether oxygens (including phenoxy) is 3. The molecule has 2 heterocycles. The summed E-state index contributed by atoms with van der Waals surface area (Å²) in [7, 11) is 2.18. The first-order valence-electron chi connectivity index (χ1n) is 17.2. The molecule has 0 aliphatic carbocycles. The number of anilines is 2. The lowest BCUT2D eigenvalue weighted by Crippen LogP contribution is -2.36. The Morgan fingerprint density at radius 2 is 1.77 bits per heavy atom. The summed E-state index contributed by atoms with van der Waals surface area (Å²) in [6.45, 7) is 10.2. The number of nitrogens with zero attached hydrogens (tertiary/aromatic N) is 2. The van der Waals surface area contributed by atoms with Crippen molar-refractivity contribution < 1.29 is 19.0 Å². The Balaban J connectivity index is 1.26. The highest BCUT2D eigenvalue weighted by atomic mass is 16.5. The molecule has 0 bridgehead atoms. The standard InChI is InChI=1S/C40H51N3O4/c1-4-6-21-43-22-18-34(40(44)41-36-13-8-31(9-14-36)30-42(3)37-19-24-46-25-20-37)29-35-28-33(12-17-39(35)43)32-10-15-38(16-11-32)47-27-26-45-23-7-5-2/h4,6,8-17,28-29,37H,5,7,18-27,30H2,1-3H3,(H,41,44). The van der Waals surface area contributed by atoms with E-state index in [4.69, 9.17) is 14.2 Å². The van der Waals surface area contributed by atoms with E-state index in [-0.39, 0.29) is 5.91 Å². The Kier molecular flexibility index (Phi) is 13.1. The van der Waals surface area contributed by atoms with E-state index in [1.54, 1.807) is 0 Å². The summed E-state index contributed by atoms with van der Waals surface area (Å²) in [5, 5.41) is 3.16. The molecule has 1 fully saturated rings. The van der Waals surface area contributed by atoms with E-state index in [0.717, 1.165) is 105 Å². The molecule has 3 aromatic carbocycles. The number of hydrogen-bond acceptors (Lipinski definition) is 6. The predicted molar refractivity (Wildman–Crippen MR) is 193 cm³/mol. The zero-order valence-electron chi connectivity index (χ0n) is 28.4. The van der Waals surface area contributed by atoms with Crippen LogP contribution in [0.2, 0.25) is 0 Å². The SMILES string of the molecule is CC=CCN1CCC(C(=O)Nc2ccc(CN(C)C3CCOCC3)cc2)=Cc2cc(-c3ccc(OCCOCCCC)cc3)ccc21. The average Bonchev–Trinajstić information content (AvgIpc) is 3.29. The van der Waals surface area contributed by atoms with Gasteiger partial charge in [0.2, 0.25) is 0 Å². The van der Waals surface area contributed by atoms with Gasteiger partial charge < -0.3 is 24.4 Å². The van der Waals surface area contributed by atoms with Gasteiger partial charge >= 0.3 is 0 Å². The highest BCUT2D eigenvalue weighted by Crippen LogP contribution is 2.33. The van der Waals surface area contributed by atoms with E-state index >= 15 is 0 Å². The number of hydrogen-bond donors (Lipinski definition) is 1. The monoisotopic (exact) mass is 637 g/mol. The first-order chi connectivity index (χ1) is 23.0. The zero-order valence-corrected chi connectivity index (χ0v) is 28.4. The van der Waals surface area contributed by atoms with Gasteiger partial charge in [-0.15, -0.1) is 0 Å². The molecule has 7 nitrogen and oxygen atoms in total. The van der Waals surface area contributed by atoms with Crippen LogP contribution in [-0.4, -0.2) is 70.0 Å². The Bertz CT molecular complexity index is 1480. The smallest absolute Gasteiger partial charge is 0.251 e. The van der Waals surface area contributed by atoms with E-state index in [1.165, 1.54) is 5.56 Å². The summed E-state index contributed by atoms with van der Waals surface area (Å²) in [4.78, 5) is 18.4. The second-order valence-corrected chi connectivity index (χ2v) is 12.5. The fourth-order valence-electron chi connectivity index (χ4n) is 6.13. The number of rotatable bonds is 15. The summed E-state index contributed by atoms with van der Waals surface area (Å²) in [6.07, 6.45) is 11.3. The molecule has 1 amide bonds. The third-order valence-electron chi connectivity index (χ3n) is 8.99. The minimum absolute atomic E-state index is 0.0542. The Labute approximate surface area is 281 Å². The molecule has 0 saturated carbocycles. The molecular weight excluding hydrogens is 586 g/mol. The molecule has 1 saturated heterocycles. The number of amides is 1. The summed E-state index contributed by atoms with van der Waals surface area (Å²) < 4.78 is 17.0. The van der Waals surface area contributed by atoms with Crippen molar-refractivity contribution in [2.75, 3.05) is 63.4 Å². The van der Waals surface area contributed by atoms with Crippen LogP contribution in [0.3, 0.4) is 0 Å². The summed E-state index contributed by atoms with van der Waals surface area (Å²) in [5.41, 5.74) is 7.21. The van der Waals surface area contributed by atoms with Crippen molar-refractivity contribution >= 4 is 23.4 Å². The first kappa shape index (κ1) is 34.4. The molecule has 47 heavy (non-hydrogen) atoms. The number of unbranched alkanes of at least 4 members (excludes halogenated alkanes) is 1. The van der Waals surface area contributed by atoms with Gasteiger partial charge in [-0.2, -0.15) is 0 Å². The molecule has 0 spiro atoms. The van der Waals surface area contributed by atoms with Crippen molar-refractivity contribution in [3.63, 3.8) is 0 Å². The molecule has 2 aliphatic rings. The molecule has 5 rings (SSSR count). The van der Waals surface area contributed by atoms with Crippen molar-refractivity contribution in [1.29, 1.82) is 0 Å². The van der Waals surface area contributed by atoms with Gasteiger partial charge in [-0.1, -0.05) is 55.8 Å². The normalized spacial score (nSPS) is 15.4. The van der Waals surface area contributed by atoms with Crippen LogP contribution in [0.4, 0.5) is 11.4 Å². The van der Waals surface area contributed by atoms with Crippen molar-refractivity contribution in [1.82, 2.24) is 4.90 Å². The topological polar surface area (TPSA) is 63.3 Å². The van der Waals surface area contributed by atoms with Crippen LogP contribution in [0.5, 0.6) is 5.75 Å². The average molecular weight is 638 g/mol. The van der Waals surface area contributed by atoms with Crippen LogP contribution in [0, 0.1) is 0 Å². The van der Waals surface area contributed by atoms with Gasteiger partial charge in [-0.25, -0.2) is 0 Å². The van der Waals surface area contributed by atoms with E-state index < -0.39 is 0 Å². The Hall–Kier alpha value is -3.91. The lowest BCUT2D eigenvalue weighted by atomic mass is 10.00. The molecule has 0 aromatic heterocycles. The van der Waals surface area contributed by atoms with Crippen molar-refractivity contribution in [2.24, 2.45) is 0 Å². The maximum atomic E-state index is 13.6. The summed E-state index contributed by atoms with van der Waals surface area (Å²) >= 11 is 0. The molecule has 0 atom stereocenters. The van der Waals surface area contributed by atoms with Crippen LogP contribution in [0.1, 0.15) is 57.1 Å². The van der Waals surface area contributed by atoms with Gasteiger partial charge in [-0.3, -0.25) is 9.69 Å². The van der Waals surface area contributed by atoms with Crippen molar-refractivity contribution in [3.8, 4) is 16.9 Å². The Morgan fingerprint density at radius 3 is 2.51 bits per heavy atom. The second kappa shape index (κ2) is 17.9. The highest BCUT2D eigenvalue weighted by molar-refractivity contribution is 6.07. The van der Waals surface area contributed by atoms with Crippen molar-refractivity contribution in [3.05, 3.63) is 95.6 Å². The third-order valence-corrected chi connectivity index (χ3v) is 8.99. The van der Waals surface area contributed by atoms with E-state index in [9.17, 15) is 4.79 Å². The second-order valence-electron chi connectivity index (χ2n) is 12.5. The highest BCUT2D eigenvalue weighted by Gasteiger charge is 2.21. The molecule has 2 aliphatic heterocycles. The molecule has 3 aromatic rings. The maximum Gasteiger partial charge on any atom is 0.251 e. The van der Waals surface area contributed by atoms with Gasteiger partial charge in [0.1, 0.15) is 12.4 Å². The summed E-state index contributed by atoms with van der Waals surface area (Å²) in [6, 6.07) is 23.5. The zero-order chi connectivity index (χ0) is 32.8. The number of carbonyl (C=O) groups is 1. The van der Waals surface area contributed by atoms with Gasteiger partial charge in [0.15, 0.2) is 0 Å². The van der Waals surface area contributed by atoms with Gasteiger partial charge in [0.05, 0.1) is 6.61 Å². The van der Waals surface area contributed by atoms with Crippen LogP contribution in [0.25, 0.3) is 17.2 Å². The van der Waals surface area contributed by atoms with E-state index in [2.05, 4.69) is 89.8 Å². The van der Waals surface area contributed by atoms with E-state index in [1.807, 2.05) is 31.2 Å². The summed E-state index contributed by atoms with van der Waals surface area (Å²) in [5.74, 6) is 0.778. The maximum absolute atomic E-state index is 13.6. The van der Waals surface area contributed by atoms with Crippen molar-refractivity contribution in [2.45, 2.75) is 58.5 Å². The number of allylic oxidation sites excluding steroid dienone is 1. The number of benzene rings is 3. The predicted octanol–water partition coefficient (Wildman–Crippen LogP) is 7.97. The molecule has 0 unspecified atom stereocenters. The van der Waals surface area contributed by atoms with Crippen LogP contribution < -0.4 is 15.0 Å². The van der Waals surface area contributed by atoms with Crippen LogP contribution in [0.15, 0.2) is 84.5 Å². The first-order valence-corrected chi connectivity index (χ1v) is 17.2. The van der Waals surface area contributed by atoms with E-state index in [0.29, 0.717) is 25.7 Å². The fraction of sp³-hybridized carbons (Fsp3) is 0.425. The van der Waals surface area contributed by atoms with Gasteiger partial charge in [0.25, 0.3) is 5.91 Å². The minimum atomic E-state index is -0.0542. The van der Waals surface area contributed by atoms with Gasteiger partial charge in [0, 0.05) is 62.4 Å². The molecule has 7 heteroatoms. The van der Waals surface area contributed by atoms with Crippen LogP contribution in [-0.2, 0) is 20.8 Å². The largest absolute Gasteiger partial charge is 0.491 e. The van der Waals surface area contributed by atoms with Gasteiger partial charge in [-0.05, 0) is 104 Å². The van der Waals surface area contributed by atoms with Crippen LogP contribution >= 0.6 is 0 Å². The number of fused-ring (bicyclic) bond motifs is 1. The number of carbonyl (C=O) groups excluding carboxylic acids is 1. The lowest BCUT2D eigenvalue weighted by molar-refractivity contribution is -0.112. The molecule has 0 radical (unpaired) electrons. The molecule has 250 valence electrons. The fourth-order valence-corrected chi connectivity index (χ4v) is 6.13.